The first-order valence-corrected chi connectivity index (χ1v) is 8.02. The lowest BCUT2D eigenvalue weighted by Gasteiger charge is -2.06. The summed E-state index contributed by atoms with van der Waals surface area (Å²) in [4.78, 5) is 14.0. The number of nitrogen functional groups attached to an aromatic ring is 1. The average molecular weight is 309 g/mol. The molecule has 0 spiro atoms. The van der Waals surface area contributed by atoms with Crippen LogP contribution in [-0.4, -0.2) is 15.0 Å². The molecule has 0 unspecified atom stereocenters. The maximum atomic E-state index is 5.89. The summed E-state index contributed by atoms with van der Waals surface area (Å²) in [5.41, 5.74) is 9.18. The van der Waals surface area contributed by atoms with E-state index in [1.165, 1.54) is 17.7 Å². The molecule has 3 N–H and O–H groups in total. The Morgan fingerprint density at radius 1 is 1.09 bits per heavy atom. The molecule has 0 bridgehead atoms. The van der Waals surface area contributed by atoms with Gasteiger partial charge in [-0.2, -0.15) is 0 Å². The number of nitrogens with two attached hydrogens (primary N) is 1. The van der Waals surface area contributed by atoms with E-state index in [9.17, 15) is 0 Å². The quantitative estimate of drug-likeness (QED) is 0.766. The number of rotatable bonds is 4. The number of hydrogen-bond donors (Lipinski definition) is 2. The first-order chi connectivity index (χ1) is 10.8. The van der Waals surface area contributed by atoms with E-state index in [0.717, 1.165) is 16.9 Å². The second-order valence-corrected chi connectivity index (χ2v) is 6.35. The highest BCUT2D eigenvalue weighted by Crippen LogP contribution is 2.46. The third-order valence-corrected chi connectivity index (χ3v) is 4.55. The molecule has 6 heteroatoms. The average Bonchev–Trinajstić information content (AvgIpc) is 3.32. The lowest BCUT2D eigenvalue weighted by molar-refractivity contribution is 1.06. The normalized spacial score (nSPS) is 14.0. The second kappa shape index (κ2) is 5.38. The Morgan fingerprint density at radius 3 is 2.50 bits per heavy atom. The van der Waals surface area contributed by atoms with E-state index in [4.69, 9.17) is 5.73 Å². The van der Waals surface area contributed by atoms with Gasteiger partial charge in [0.1, 0.15) is 0 Å². The van der Waals surface area contributed by atoms with Crippen molar-refractivity contribution >= 4 is 28.1 Å². The molecular formula is C16H15N5S. The Bertz CT molecular complexity index is 778. The van der Waals surface area contributed by atoms with Gasteiger partial charge in [0.05, 0.1) is 10.6 Å². The third-order valence-electron chi connectivity index (χ3n) is 3.60. The molecule has 1 aromatic carbocycles. The standard InChI is InChI=1S/C16H15N5S/c17-15-21-13(10-2-3-10)14(22-15)11-4-6-12(7-5-11)20-16-18-8-1-9-19-16/h1,4-10H,2-3H2,(H2,17,21)(H,18,19,20). The molecule has 2 heterocycles. The largest absolute Gasteiger partial charge is 0.375 e. The molecular weight excluding hydrogens is 294 g/mol. The molecule has 0 radical (unpaired) electrons. The summed E-state index contributed by atoms with van der Waals surface area (Å²) in [6.07, 6.45) is 5.87. The van der Waals surface area contributed by atoms with Gasteiger partial charge >= 0.3 is 0 Å². The molecule has 1 fully saturated rings. The minimum atomic E-state index is 0.593. The fourth-order valence-electron chi connectivity index (χ4n) is 2.39. The van der Waals surface area contributed by atoms with E-state index in [2.05, 4.69) is 32.4 Å². The number of thiazole rings is 1. The van der Waals surface area contributed by atoms with Crippen molar-refractivity contribution in [3.05, 3.63) is 48.4 Å². The van der Waals surface area contributed by atoms with Crippen molar-refractivity contribution in [1.82, 2.24) is 15.0 Å². The van der Waals surface area contributed by atoms with Gasteiger partial charge in [-0.1, -0.05) is 23.5 Å². The Labute approximate surface area is 132 Å². The van der Waals surface area contributed by atoms with Crippen LogP contribution in [0.3, 0.4) is 0 Å². The van der Waals surface area contributed by atoms with Crippen molar-refractivity contribution < 1.29 is 0 Å². The van der Waals surface area contributed by atoms with Crippen LogP contribution in [-0.2, 0) is 0 Å². The number of anilines is 3. The maximum absolute atomic E-state index is 5.89. The molecule has 0 atom stereocenters. The van der Waals surface area contributed by atoms with Crippen LogP contribution in [0.1, 0.15) is 24.5 Å². The fraction of sp³-hybridized carbons (Fsp3) is 0.188. The Morgan fingerprint density at radius 2 is 1.82 bits per heavy atom. The van der Waals surface area contributed by atoms with Crippen molar-refractivity contribution in [1.29, 1.82) is 0 Å². The molecule has 3 aromatic rings. The number of aromatic nitrogens is 3. The van der Waals surface area contributed by atoms with Crippen molar-refractivity contribution in [2.45, 2.75) is 18.8 Å². The van der Waals surface area contributed by atoms with Crippen LogP contribution in [0.25, 0.3) is 10.4 Å². The summed E-state index contributed by atoms with van der Waals surface area (Å²) in [6, 6.07) is 10.0. The van der Waals surface area contributed by atoms with Gasteiger partial charge in [0.2, 0.25) is 5.95 Å². The maximum Gasteiger partial charge on any atom is 0.227 e. The highest BCUT2D eigenvalue weighted by atomic mass is 32.1. The number of hydrogen-bond acceptors (Lipinski definition) is 6. The van der Waals surface area contributed by atoms with E-state index in [1.807, 2.05) is 12.1 Å². The van der Waals surface area contributed by atoms with Crippen molar-refractivity contribution in [2.75, 3.05) is 11.1 Å². The summed E-state index contributed by atoms with van der Waals surface area (Å²) in [6.45, 7) is 0. The lowest BCUT2D eigenvalue weighted by atomic mass is 10.1. The second-order valence-electron chi connectivity index (χ2n) is 5.32. The molecule has 22 heavy (non-hydrogen) atoms. The van der Waals surface area contributed by atoms with Gasteiger partial charge in [-0.05, 0) is 36.6 Å². The molecule has 1 saturated carbocycles. The zero-order chi connectivity index (χ0) is 14.9. The van der Waals surface area contributed by atoms with Crippen LogP contribution in [0.4, 0.5) is 16.8 Å². The SMILES string of the molecule is Nc1nc(C2CC2)c(-c2ccc(Nc3ncccn3)cc2)s1. The Kier molecular flexibility index (Phi) is 3.23. The summed E-state index contributed by atoms with van der Waals surface area (Å²) >= 11 is 1.57. The summed E-state index contributed by atoms with van der Waals surface area (Å²) in [7, 11) is 0. The van der Waals surface area contributed by atoms with E-state index in [0.29, 0.717) is 17.0 Å². The summed E-state index contributed by atoms with van der Waals surface area (Å²) in [5.74, 6) is 1.19. The van der Waals surface area contributed by atoms with Crippen LogP contribution < -0.4 is 11.1 Å². The molecule has 4 rings (SSSR count). The molecule has 1 aliphatic rings. The first kappa shape index (κ1) is 13.2. The molecule has 0 aliphatic heterocycles. The van der Waals surface area contributed by atoms with Crippen molar-refractivity contribution in [3.8, 4) is 10.4 Å². The molecule has 0 saturated heterocycles. The lowest BCUT2D eigenvalue weighted by Crippen LogP contribution is -1.95. The minimum Gasteiger partial charge on any atom is -0.375 e. The van der Waals surface area contributed by atoms with Crippen molar-refractivity contribution in [2.24, 2.45) is 0 Å². The molecule has 1 aliphatic carbocycles. The van der Waals surface area contributed by atoms with Crippen molar-refractivity contribution in [3.63, 3.8) is 0 Å². The first-order valence-electron chi connectivity index (χ1n) is 7.20. The van der Waals surface area contributed by atoms with Gasteiger partial charge in [0, 0.05) is 24.0 Å². The Balaban J connectivity index is 1.59. The Hall–Kier alpha value is -2.47. The summed E-state index contributed by atoms with van der Waals surface area (Å²) < 4.78 is 0. The highest BCUT2D eigenvalue weighted by molar-refractivity contribution is 7.18. The van der Waals surface area contributed by atoms with Crippen LogP contribution in [0, 0.1) is 0 Å². The monoisotopic (exact) mass is 309 g/mol. The van der Waals surface area contributed by atoms with Gasteiger partial charge in [-0.25, -0.2) is 15.0 Å². The third kappa shape index (κ3) is 2.65. The van der Waals surface area contributed by atoms with Crippen LogP contribution in [0.15, 0.2) is 42.7 Å². The number of nitrogens with one attached hydrogen (secondary N) is 1. The zero-order valence-electron chi connectivity index (χ0n) is 11.9. The van der Waals surface area contributed by atoms with E-state index >= 15 is 0 Å². The predicted molar refractivity (Wildman–Crippen MR) is 89.3 cm³/mol. The van der Waals surface area contributed by atoms with Gasteiger partial charge in [-0.3, -0.25) is 0 Å². The molecule has 5 nitrogen and oxygen atoms in total. The smallest absolute Gasteiger partial charge is 0.227 e. The topological polar surface area (TPSA) is 76.7 Å². The predicted octanol–water partition coefficient (Wildman–Crippen LogP) is 3.80. The summed E-state index contributed by atoms with van der Waals surface area (Å²) in [5, 5.41) is 3.83. The van der Waals surface area contributed by atoms with Gasteiger partial charge in [0.15, 0.2) is 5.13 Å². The van der Waals surface area contributed by atoms with E-state index in [-0.39, 0.29) is 0 Å². The molecule has 0 amide bonds. The van der Waals surface area contributed by atoms with Crippen LogP contribution >= 0.6 is 11.3 Å². The zero-order valence-corrected chi connectivity index (χ0v) is 12.7. The minimum absolute atomic E-state index is 0.593. The fourth-order valence-corrected chi connectivity index (χ4v) is 3.31. The van der Waals surface area contributed by atoms with Crippen LogP contribution in [0.2, 0.25) is 0 Å². The molecule has 2 aromatic heterocycles. The number of benzene rings is 1. The van der Waals surface area contributed by atoms with Gasteiger partial charge in [0.25, 0.3) is 0 Å². The van der Waals surface area contributed by atoms with Gasteiger partial charge < -0.3 is 11.1 Å². The van der Waals surface area contributed by atoms with E-state index < -0.39 is 0 Å². The van der Waals surface area contributed by atoms with E-state index in [1.54, 1.807) is 29.8 Å². The van der Waals surface area contributed by atoms with Crippen LogP contribution in [0.5, 0.6) is 0 Å². The molecule has 110 valence electrons. The highest BCUT2D eigenvalue weighted by Gasteiger charge is 2.29. The van der Waals surface area contributed by atoms with Gasteiger partial charge in [-0.15, -0.1) is 0 Å². The number of nitrogens with zero attached hydrogens (tertiary/aromatic N) is 3.